The molecule has 5 atom stereocenters. The minimum absolute atomic E-state index is 0.166. The summed E-state index contributed by atoms with van der Waals surface area (Å²) in [6.07, 6.45) is 8.43. The SMILES string of the molecule is CCC(O)C(C)CCC(C)/C=C1\CN2CCCC2C(C)(O)C1. The highest BCUT2D eigenvalue weighted by Crippen LogP contribution is 2.37. The van der Waals surface area contributed by atoms with Gasteiger partial charge in [0.1, 0.15) is 0 Å². The summed E-state index contributed by atoms with van der Waals surface area (Å²) in [6.45, 7) is 10.6. The van der Waals surface area contributed by atoms with Crippen LogP contribution in [0.4, 0.5) is 0 Å². The molecule has 2 N–H and O–H groups in total. The molecule has 0 aromatic rings. The van der Waals surface area contributed by atoms with Crippen LogP contribution in [0.1, 0.15) is 66.2 Å². The van der Waals surface area contributed by atoms with E-state index in [4.69, 9.17) is 0 Å². The van der Waals surface area contributed by atoms with Crippen molar-refractivity contribution in [3.63, 3.8) is 0 Å². The monoisotopic (exact) mass is 309 g/mol. The molecule has 128 valence electrons. The highest BCUT2D eigenvalue weighted by Gasteiger charge is 2.43. The molecule has 2 aliphatic heterocycles. The number of nitrogens with zero attached hydrogens (tertiary/aromatic N) is 1. The third-order valence-electron chi connectivity index (χ3n) is 5.75. The maximum absolute atomic E-state index is 10.7. The van der Waals surface area contributed by atoms with E-state index in [1.165, 1.54) is 12.0 Å². The van der Waals surface area contributed by atoms with Crippen LogP contribution < -0.4 is 0 Å². The first-order chi connectivity index (χ1) is 10.3. The maximum atomic E-state index is 10.7. The summed E-state index contributed by atoms with van der Waals surface area (Å²) in [5.74, 6) is 0.903. The van der Waals surface area contributed by atoms with E-state index in [2.05, 4.69) is 24.8 Å². The molecule has 3 heteroatoms. The van der Waals surface area contributed by atoms with Crippen molar-refractivity contribution in [3.8, 4) is 0 Å². The Hall–Kier alpha value is -0.380. The molecular weight excluding hydrogens is 274 g/mol. The summed E-state index contributed by atoms with van der Waals surface area (Å²) >= 11 is 0. The zero-order chi connectivity index (χ0) is 16.3. The number of aliphatic hydroxyl groups excluding tert-OH is 1. The molecule has 0 aliphatic carbocycles. The van der Waals surface area contributed by atoms with Gasteiger partial charge in [-0.25, -0.2) is 0 Å². The molecule has 2 saturated heterocycles. The topological polar surface area (TPSA) is 43.7 Å². The minimum atomic E-state index is -0.563. The first kappa shape index (κ1) is 18.0. The minimum Gasteiger partial charge on any atom is -0.393 e. The Morgan fingerprint density at radius 2 is 2.09 bits per heavy atom. The van der Waals surface area contributed by atoms with Crippen LogP contribution in [-0.2, 0) is 0 Å². The first-order valence-electron chi connectivity index (χ1n) is 9.17. The van der Waals surface area contributed by atoms with Crippen LogP contribution in [0, 0.1) is 11.8 Å². The molecule has 0 aromatic heterocycles. The second kappa shape index (κ2) is 7.46. The van der Waals surface area contributed by atoms with Gasteiger partial charge in [0.05, 0.1) is 11.7 Å². The Labute approximate surface area is 136 Å². The number of piperidine rings is 1. The summed E-state index contributed by atoms with van der Waals surface area (Å²) in [4.78, 5) is 2.46. The van der Waals surface area contributed by atoms with Gasteiger partial charge in [-0.15, -0.1) is 0 Å². The molecule has 0 amide bonds. The average molecular weight is 309 g/mol. The smallest absolute Gasteiger partial charge is 0.0811 e. The fourth-order valence-electron chi connectivity index (χ4n) is 4.33. The van der Waals surface area contributed by atoms with Gasteiger partial charge in [-0.3, -0.25) is 4.90 Å². The van der Waals surface area contributed by atoms with E-state index in [-0.39, 0.29) is 6.10 Å². The van der Waals surface area contributed by atoms with Gasteiger partial charge < -0.3 is 10.2 Å². The molecule has 2 fully saturated rings. The zero-order valence-corrected chi connectivity index (χ0v) is 14.9. The summed E-state index contributed by atoms with van der Waals surface area (Å²) < 4.78 is 0. The molecule has 2 rings (SSSR count). The van der Waals surface area contributed by atoms with Gasteiger partial charge in [0.15, 0.2) is 0 Å². The van der Waals surface area contributed by atoms with E-state index in [0.717, 1.165) is 45.2 Å². The van der Waals surface area contributed by atoms with E-state index in [1.807, 2.05) is 13.8 Å². The second-order valence-electron chi connectivity index (χ2n) is 7.99. The molecule has 0 saturated carbocycles. The Morgan fingerprint density at radius 1 is 1.36 bits per heavy atom. The Kier molecular flexibility index (Phi) is 6.09. The van der Waals surface area contributed by atoms with Crippen LogP contribution in [0.2, 0.25) is 0 Å². The third-order valence-corrected chi connectivity index (χ3v) is 5.75. The van der Waals surface area contributed by atoms with Crippen molar-refractivity contribution in [2.75, 3.05) is 13.1 Å². The van der Waals surface area contributed by atoms with Gasteiger partial charge in [0.25, 0.3) is 0 Å². The molecule has 2 heterocycles. The van der Waals surface area contributed by atoms with Crippen molar-refractivity contribution >= 4 is 0 Å². The highest BCUT2D eigenvalue weighted by atomic mass is 16.3. The molecule has 3 nitrogen and oxygen atoms in total. The van der Waals surface area contributed by atoms with Gasteiger partial charge in [-0.2, -0.15) is 0 Å². The molecule has 0 spiro atoms. The number of hydrogen-bond donors (Lipinski definition) is 2. The highest BCUT2D eigenvalue weighted by molar-refractivity contribution is 5.17. The van der Waals surface area contributed by atoms with Crippen LogP contribution >= 0.6 is 0 Å². The standard InChI is InChI=1S/C19H35NO2/c1-5-17(21)15(3)9-8-14(2)11-16-12-19(4,22)18-7-6-10-20(18)13-16/h11,14-15,17-18,21-22H,5-10,12-13H2,1-4H3/b16-11-. The lowest BCUT2D eigenvalue weighted by Crippen LogP contribution is -2.52. The summed E-state index contributed by atoms with van der Waals surface area (Å²) in [5, 5.41) is 20.6. The zero-order valence-electron chi connectivity index (χ0n) is 14.9. The number of fused-ring (bicyclic) bond motifs is 1. The average Bonchev–Trinajstić information content (AvgIpc) is 2.92. The largest absolute Gasteiger partial charge is 0.393 e. The van der Waals surface area contributed by atoms with Gasteiger partial charge in [0.2, 0.25) is 0 Å². The molecule has 5 unspecified atom stereocenters. The maximum Gasteiger partial charge on any atom is 0.0811 e. The van der Waals surface area contributed by atoms with E-state index in [0.29, 0.717) is 17.9 Å². The predicted octanol–water partition coefficient (Wildman–Crippen LogP) is 3.36. The van der Waals surface area contributed by atoms with Gasteiger partial charge >= 0.3 is 0 Å². The second-order valence-corrected chi connectivity index (χ2v) is 7.99. The van der Waals surface area contributed by atoms with Crippen molar-refractivity contribution in [2.45, 2.75) is 84.0 Å². The number of allylic oxidation sites excluding steroid dienone is 1. The predicted molar refractivity (Wildman–Crippen MR) is 91.8 cm³/mol. The van der Waals surface area contributed by atoms with E-state index >= 15 is 0 Å². The van der Waals surface area contributed by atoms with E-state index in [1.54, 1.807) is 0 Å². The van der Waals surface area contributed by atoms with Crippen LogP contribution in [0.5, 0.6) is 0 Å². The Morgan fingerprint density at radius 3 is 2.77 bits per heavy atom. The van der Waals surface area contributed by atoms with Gasteiger partial charge in [-0.05, 0) is 63.8 Å². The van der Waals surface area contributed by atoms with Crippen molar-refractivity contribution in [2.24, 2.45) is 11.8 Å². The number of aliphatic hydroxyl groups is 2. The van der Waals surface area contributed by atoms with Crippen LogP contribution in [-0.4, -0.2) is 45.9 Å². The normalized spacial score (nSPS) is 35.4. The van der Waals surface area contributed by atoms with E-state index in [9.17, 15) is 10.2 Å². The molecule has 22 heavy (non-hydrogen) atoms. The molecule has 0 aromatic carbocycles. The molecule has 0 bridgehead atoms. The van der Waals surface area contributed by atoms with Crippen molar-refractivity contribution in [1.82, 2.24) is 4.90 Å². The summed E-state index contributed by atoms with van der Waals surface area (Å²) in [5.41, 5.74) is 0.839. The van der Waals surface area contributed by atoms with Gasteiger partial charge in [-0.1, -0.05) is 32.4 Å². The quantitative estimate of drug-likeness (QED) is 0.740. The lowest BCUT2D eigenvalue weighted by molar-refractivity contribution is -0.0330. The van der Waals surface area contributed by atoms with Crippen molar-refractivity contribution in [3.05, 3.63) is 11.6 Å². The first-order valence-corrected chi connectivity index (χ1v) is 9.17. The Balaban J connectivity index is 1.89. The lowest BCUT2D eigenvalue weighted by Gasteiger charge is -2.43. The summed E-state index contributed by atoms with van der Waals surface area (Å²) in [6, 6.07) is 0.361. The summed E-state index contributed by atoms with van der Waals surface area (Å²) in [7, 11) is 0. The van der Waals surface area contributed by atoms with Crippen LogP contribution in [0.3, 0.4) is 0 Å². The number of rotatable bonds is 6. The van der Waals surface area contributed by atoms with Crippen molar-refractivity contribution in [1.29, 1.82) is 0 Å². The lowest BCUT2D eigenvalue weighted by atomic mass is 9.82. The fraction of sp³-hybridized carbons (Fsp3) is 0.895. The van der Waals surface area contributed by atoms with Crippen LogP contribution in [0.25, 0.3) is 0 Å². The fourth-order valence-corrected chi connectivity index (χ4v) is 4.33. The molecule has 0 radical (unpaired) electrons. The number of hydrogen-bond acceptors (Lipinski definition) is 3. The van der Waals surface area contributed by atoms with E-state index < -0.39 is 5.60 Å². The van der Waals surface area contributed by atoms with Crippen molar-refractivity contribution < 1.29 is 10.2 Å². The molecule has 2 aliphatic rings. The molecular formula is C19H35NO2. The van der Waals surface area contributed by atoms with Gasteiger partial charge in [0, 0.05) is 12.6 Å². The third kappa shape index (κ3) is 4.33. The van der Waals surface area contributed by atoms with Crippen LogP contribution in [0.15, 0.2) is 11.6 Å². The Bertz CT molecular complexity index is 391.